The number of benzene rings is 1. The van der Waals surface area contributed by atoms with E-state index in [0.29, 0.717) is 19.1 Å². The van der Waals surface area contributed by atoms with Gasteiger partial charge >= 0.3 is 0 Å². The van der Waals surface area contributed by atoms with Gasteiger partial charge in [-0.05, 0) is 56.4 Å². The van der Waals surface area contributed by atoms with Crippen LogP contribution in [0.4, 0.5) is 0 Å². The third-order valence-electron chi connectivity index (χ3n) is 4.12. The van der Waals surface area contributed by atoms with E-state index in [2.05, 4.69) is 0 Å². The number of hydrogen-bond acceptors (Lipinski definition) is 4. The lowest BCUT2D eigenvalue weighted by Gasteiger charge is -2.38. The van der Waals surface area contributed by atoms with Crippen LogP contribution in [0, 0.1) is 12.8 Å². The number of aldehydes is 1. The number of rotatable bonds is 2. The van der Waals surface area contributed by atoms with Crippen molar-refractivity contribution in [3.05, 3.63) is 28.3 Å². The molecule has 1 aliphatic carbocycles. The first-order valence-electron chi connectivity index (χ1n) is 6.45. The number of aliphatic hydroxyl groups excluding tert-OH is 1. The Labute approximate surface area is 112 Å². The zero-order valence-electron chi connectivity index (χ0n) is 11.5. The summed E-state index contributed by atoms with van der Waals surface area (Å²) in [5, 5.41) is 30.2. The van der Waals surface area contributed by atoms with Crippen LogP contribution in [-0.4, -0.2) is 33.3 Å². The van der Waals surface area contributed by atoms with Gasteiger partial charge in [0.25, 0.3) is 0 Å². The van der Waals surface area contributed by atoms with Gasteiger partial charge in [-0.3, -0.25) is 4.79 Å². The number of aromatic hydroxyl groups is 1. The average molecular weight is 264 g/mol. The summed E-state index contributed by atoms with van der Waals surface area (Å²) in [5.74, 6) is -0.378. The minimum atomic E-state index is -1.03. The fraction of sp³-hybridized carbons (Fsp3) is 0.533. The summed E-state index contributed by atoms with van der Waals surface area (Å²) in [6.45, 7) is 5.16. The molecule has 0 heterocycles. The molecule has 104 valence electrons. The smallest absolute Gasteiger partial charge is 0.154 e. The van der Waals surface area contributed by atoms with Gasteiger partial charge in [0, 0.05) is 5.92 Å². The molecule has 2 atom stereocenters. The Morgan fingerprint density at radius 2 is 1.95 bits per heavy atom. The molecule has 19 heavy (non-hydrogen) atoms. The lowest BCUT2D eigenvalue weighted by molar-refractivity contribution is -0.0501. The summed E-state index contributed by atoms with van der Waals surface area (Å²) < 4.78 is 0. The molecule has 0 radical (unpaired) electrons. The Morgan fingerprint density at radius 3 is 2.47 bits per heavy atom. The number of aliphatic hydroxyl groups is 2. The highest BCUT2D eigenvalue weighted by Crippen LogP contribution is 2.38. The van der Waals surface area contributed by atoms with E-state index in [1.54, 1.807) is 19.9 Å². The number of phenols is 1. The van der Waals surface area contributed by atoms with Gasteiger partial charge < -0.3 is 15.3 Å². The van der Waals surface area contributed by atoms with Crippen LogP contribution in [0.15, 0.2) is 6.07 Å². The van der Waals surface area contributed by atoms with E-state index in [-0.39, 0.29) is 17.2 Å². The zero-order chi connectivity index (χ0) is 14.4. The third kappa shape index (κ3) is 2.38. The first kappa shape index (κ1) is 14.0. The molecular weight excluding hydrogens is 244 g/mol. The summed E-state index contributed by atoms with van der Waals surface area (Å²) in [6, 6.07) is 1.56. The van der Waals surface area contributed by atoms with Crippen LogP contribution in [-0.2, 0) is 12.8 Å². The SMILES string of the molecule is Cc1cc(O)c(C=O)c2c1C[C@@H](O)[C@@H](C(C)(C)O)C2. The molecule has 0 aromatic heterocycles. The van der Waals surface area contributed by atoms with E-state index in [4.69, 9.17) is 0 Å². The maximum atomic E-state index is 11.2. The molecule has 1 aliphatic rings. The van der Waals surface area contributed by atoms with Gasteiger partial charge in [0.15, 0.2) is 6.29 Å². The van der Waals surface area contributed by atoms with Crippen LogP contribution >= 0.6 is 0 Å². The van der Waals surface area contributed by atoms with Crippen molar-refractivity contribution in [2.24, 2.45) is 5.92 Å². The second-order valence-electron chi connectivity index (χ2n) is 5.94. The van der Waals surface area contributed by atoms with Crippen molar-refractivity contribution in [3.8, 4) is 5.75 Å². The van der Waals surface area contributed by atoms with Crippen LogP contribution in [0.3, 0.4) is 0 Å². The number of phenolic OH excluding ortho intramolecular Hbond substituents is 1. The van der Waals surface area contributed by atoms with E-state index in [1.165, 1.54) is 0 Å². The van der Waals surface area contributed by atoms with Crippen LogP contribution in [0.25, 0.3) is 0 Å². The van der Waals surface area contributed by atoms with E-state index >= 15 is 0 Å². The Kier molecular flexibility index (Phi) is 3.41. The van der Waals surface area contributed by atoms with E-state index in [9.17, 15) is 20.1 Å². The highest BCUT2D eigenvalue weighted by atomic mass is 16.3. The molecule has 0 spiro atoms. The minimum Gasteiger partial charge on any atom is -0.507 e. The van der Waals surface area contributed by atoms with Crippen molar-refractivity contribution >= 4 is 6.29 Å². The molecule has 1 aromatic carbocycles. The maximum Gasteiger partial charge on any atom is 0.154 e. The minimum absolute atomic E-state index is 0.0304. The summed E-state index contributed by atoms with van der Waals surface area (Å²) in [6.07, 6.45) is 0.794. The number of hydrogen-bond donors (Lipinski definition) is 3. The van der Waals surface area contributed by atoms with Crippen molar-refractivity contribution in [2.45, 2.75) is 45.3 Å². The first-order valence-corrected chi connectivity index (χ1v) is 6.45. The second-order valence-corrected chi connectivity index (χ2v) is 5.94. The summed E-state index contributed by atoms with van der Waals surface area (Å²) in [4.78, 5) is 11.2. The van der Waals surface area contributed by atoms with Crippen molar-refractivity contribution in [1.82, 2.24) is 0 Å². The lowest BCUT2D eigenvalue weighted by Crippen LogP contribution is -2.44. The van der Waals surface area contributed by atoms with Gasteiger partial charge in [0.05, 0.1) is 17.3 Å². The first-order chi connectivity index (χ1) is 8.75. The quantitative estimate of drug-likeness (QED) is 0.705. The fourth-order valence-electron chi connectivity index (χ4n) is 3.00. The third-order valence-corrected chi connectivity index (χ3v) is 4.12. The Bertz CT molecular complexity index is 514. The molecule has 4 heteroatoms. The van der Waals surface area contributed by atoms with Crippen LogP contribution < -0.4 is 0 Å². The van der Waals surface area contributed by atoms with Gasteiger partial charge in [-0.1, -0.05) is 0 Å². The monoisotopic (exact) mass is 264 g/mol. The molecule has 0 saturated carbocycles. The molecule has 0 bridgehead atoms. The van der Waals surface area contributed by atoms with E-state index in [0.717, 1.165) is 16.7 Å². The van der Waals surface area contributed by atoms with Gasteiger partial charge in [-0.15, -0.1) is 0 Å². The summed E-state index contributed by atoms with van der Waals surface area (Å²) in [5.41, 5.74) is 1.78. The van der Waals surface area contributed by atoms with Crippen LogP contribution in [0.1, 0.15) is 40.9 Å². The molecule has 0 fully saturated rings. The Balaban J connectivity index is 2.56. The fourth-order valence-corrected chi connectivity index (χ4v) is 3.00. The van der Waals surface area contributed by atoms with Crippen molar-refractivity contribution in [3.63, 3.8) is 0 Å². The Hall–Kier alpha value is -1.39. The van der Waals surface area contributed by atoms with E-state index < -0.39 is 11.7 Å². The summed E-state index contributed by atoms with van der Waals surface area (Å²) >= 11 is 0. The largest absolute Gasteiger partial charge is 0.507 e. The second kappa shape index (κ2) is 4.62. The zero-order valence-corrected chi connectivity index (χ0v) is 11.5. The number of carbonyl (C=O) groups excluding carboxylic acids is 1. The number of fused-ring (bicyclic) bond motifs is 1. The highest BCUT2D eigenvalue weighted by molar-refractivity contribution is 5.83. The molecule has 0 saturated heterocycles. The van der Waals surface area contributed by atoms with Crippen molar-refractivity contribution < 1.29 is 20.1 Å². The average Bonchev–Trinajstić information content (AvgIpc) is 2.28. The molecule has 1 aromatic rings. The predicted molar refractivity (Wildman–Crippen MR) is 71.4 cm³/mol. The molecule has 2 rings (SSSR count). The Morgan fingerprint density at radius 1 is 1.32 bits per heavy atom. The molecular formula is C15H20O4. The molecule has 4 nitrogen and oxygen atoms in total. The van der Waals surface area contributed by atoms with Gasteiger partial charge in [-0.2, -0.15) is 0 Å². The van der Waals surface area contributed by atoms with Crippen molar-refractivity contribution in [1.29, 1.82) is 0 Å². The van der Waals surface area contributed by atoms with Crippen molar-refractivity contribution in [2.75, 3.05) is 0 Å². The van der Waals surface area contributed by atoms with E-state index in [1.807, 2.05) is 6.92 Å². The standard InChI is InChI=1S/C15H20O4/c1-8-4-13(17)11(7-16)10-5-12(15(2,3)19)14(18)6-9(8)10/h4,7,12,14,17-19H,5-6H2,1-3H3/t12-,14+/m0/s1. The normalized spacial score (nSPS) is 23.0. The summed E-state index contributed by atoms with van der Waals surface area (Å²) in [7, 11) is 0. The number of aryl methyl sites for hydroxylation is 1. The topological polar surface area (TPSA) is 77.8 Å². The lowest BCUT2D eigenvalue weighted by atomic mass is 9.72. The maximum absolute atomic E-state index is 11.2. The van der Waals surface area contributed by atoms with Crippen LogP contribution in [0.5, 0.6) is 5.75 Å². The number of carbonyl (C=O) groups is 1. The molecule has 0 amide bonds. The van der Waals surface area contributed by atoms with Crippen LogP contribution in [0.2, 0.25) is 0 Å². The predicted octanol–water partition coefficient (Wildman–Crippen LogP) is 1.36. The molecule has 0 aliphatic heterocycles. The van der Waals surface area contributed by atoms with Gasteiger partial charge in [-0.25, -0.2) is 0 Å². The molecule has 0 unspecified atom stereocenters. The highest BCUT2D eigenvalue weighted by Gasteiger charge is 2.38. The molecule has 3 N–H and O–H groups in total. The van der Waals surface area contributed by atoms with Gasteiger partial charge in [0.2, 0.25) is 0 Å². The van der Waals surface area contributed by atoms with Gasteiger partial charge in [0.1, 0.15) is 5.75 Å².